The molecule has 0 spiro atoms. The van der Waals surface area contributed by atoms with E-state index in [1.165, 1.54) is 7.11 Å². The van der Waals surface area contributed by atoms with Gasteiger partial charge in [-0.15, -0.1) is 0 Å². The van der Waals surface area contributed by atoms with Gasteiger partial charge < -0.3 is 10.5 Å². The molecule has 0 fully saturated rings. The Kier molecular flexibility index (Phi) is 5.16. The normalized spacial score (nSPS) is 13.1. The molecule has 2 N–H and O–H groups in total. The quantitative estimate of drug-likeness (QED) is 0.606. The van der Waals surface area contributed by atoms with Crippen LogP contribution >= 0.6 is 0 Å². The number of carbonyl (C=O) groups is 1. The van der Waals surface area contributed by atoms with Gasteiger partial charge in [-0.25, -0.2) is 0 Å². The molecular formula is C7H15NO2. The Hall–Kier alpha value is -0.410. The summed E-state index contributed by atoms with van der Waals surface area (Å²) in [5, 5.41) is 0. The second-order valence-corrected chi connectivity index (χ2v) is 2.49. The topological polar surface area (TPSA) is 52.3 Å². The summed E-state index contributed by atoms with van der Waals surface area (Å²) in [5.41, 5.74) is 5.44. The van der Waals surface area contributed by atoms with Crippen LogP contribution in [0.2, 0.25) is 0 Å². The summed E-state index contributed by atoms with van der Waals surface area (Å²) >= 11 is 0. The SMILES string of the molecule is COCC(=O)CCC(C)N. The zero-order chi connectivity index (χ0) is 7.98. The highest BCUT2D eigenvalue weighted by Gasteiger charge is 2.01. The molecule has 0 radical (unpaired) electrons. The van der Waals surface area contributed by atoms with Crippen molar-refractivity contribution in [2.45, 2.75) is 25.8 Å². The lowest BCUT2D eigenvalue weighted by atomic mass is 10.1. The van der Waals surface area contributed by atoms with Crippen LogP contribution in [0.4, 0.5) is 0 Å². The van der Waals surface area contributed by atoms with Gasteiger partial charge in [-0.1, -0.05) is 0 Å². The van der Waals surface area contributed by atoms with Crippen molar-refractivity contribution < 1.29 is 9.53 Å². The Bertz CT molecular complexity index is 102. The molecule has 3 nitrogen and oxygen atoms in total. The highest BCUT2D eigenvalue weighted by molar-refractivity contribution is 5.79. The number of carbonyl (C=O) groups excluding carboxylic acids is 1. The van der Waals surface area contributed by atoms with Gasteiger partial charge in [0, 0.05) is 19.6 Å². The molecule has 0 aromatic rings. The van der Waals surface area contributed by atoms with Crippen LogP contribution in [-0.4, -0.2) is 25.5 Å². The molecule has 0 aliphatic carbocycles. The Balaban J connectivity index is 3.22. The molecule has 0 aromatic carbocycles. The van der Waals surface area contributed by atoms with Crippen molar-refractivity contribution in [1.82, 2.24) is 0 Å². The van der Waals surface area contributed by atoms with Crippen LogP contribution in [0.5, 0.6) is 0 Å². The first-order valence-corrected chi connectivity index (χ1v) is 3.43. The molecule has 0 saturated carbocycles. The summed E-state index contributed by atoms with van der Waals surface area (Å²) in [6.45, 7) is 2.10. The van der Waals surface area contributed by atoms with E-state index in [9.17, 15) is 4.79 Å². The predicted octanol–water partition coefficient (Wildman–Crippen LogP) is 0.329. The summed E-state index contributed by atoms with van der Waals surface area (Å²) < 4.78 is 4.65. The van der Waals surface area contributed by atoms with E-state index in [0.717, 1.165) is 6.42 Å². The third-order valence-corrected chi connectivity index (χ3v) is 1.18. The lowest BCUT2D eigenvalue weighted by molar-refractivity contribution is -0.122. The van der Waals surface area contributed by atoms with Crippen LogP contribution in [0.3, 0.4) is 0 Å². The fraction of sp³-hybridized carbons (Fsp3) is 0.857. The number of methoxy groups -OCH3 is 1. The molecule has 0 amide bonds. The van der Waals surface area contributed by atoms with E-state index in [1.807, 2.05) is 6.92 Å². The zero-order valence-corrected chi connectivity index (χ0v) is 6.59. The monoisotopic (exact) mass is 145 g/mol. The Labute approximate surface area is 61.5 Å². The van der Waals surface area contributed by atoms with Crippen LogP contribution in [0.15, 0.2) is 0 Å². The standard InChI is InChI=1S/C7H15NO2/c1-6(8)3-4-7(9)5-10-2/h6H,3-5,8H2,1-2H3. The van der Waals surface area contributed by atoms with Crippen LogP contribution < -0.4 is 5.73 Å². The van der Waals surface area contributed by atoms with E-state index in [4.69, 9.17) is 5.73 Å². The summed E-state index contributed by atoms with van der Waals surface area (Å²) in [7, 11) is 1.52. The predicted molar refractivity (Wildman–Crippen MR) is 39.8 cm³/mol. The first-order chi connectivity index (χ1) is 4.66. The molecule has 0 saturated heterocycles. The van der Waals surface area contributed by atoms with Crippen LogP contribution in [0.1, 0.15) is 19.8 Å². The fourth-order valence-corrected chi connectivity index (χ4v) is 0.622. The number of nitrogens with two attached hydrogens (primary N) is 1. The first kappa shape index (κ1) is 9.59. The van der Waals surface area contributed by atoms with Gasteiger partial charge in [0.05, 0.1) is 0 Å². The maximum atomic E-state index is 10.8. The number of hydrogen-bond donors (Lipinski definition) is 1. The maximum Gasteiger partial charge on any atom is 0.158 e. The molecule has 3 heteroatoms. The number of ketones is 1. The summed E-state index contributed by atoms with van der Waals surface area (Å²) in [4.78, 5) is 10.8. The minimum Gasteiger partial charge on any atom is -0.377 e. The van der Waals surface area contributed by atoms with Gasteiger partial charge in [-0.05, 0) is 13.3 Å². The summed E-state index contributed by atoms with van der Waals surface area (Å²) in [6.07, 6.45) is 1.29. The largest absolute Gasteiger partial charge is 0.377 e. The Morgan fingerprint density at radius 2 is 2.30 bits per heavy atom. The smallest absolute Gasteiger partial charge is 0.158 e. The third kappa shape index (κ3) is 5.72. The van der Waals surface area contributed by atoms with Gasteiger partial charge in [-0.3, -0.25) is 4.79 Å². The number of rotatable bonds is 5. The molecule has 0 bridgehead atoms. The van der Waals surface area contributed by atoms with Crippen molar-refractivity contribution in [3.05, 3.63) is 0 Å². The molecular weight excluding hydrogens is 130 g/mol. The van der Waals surface area contributed by atoms with E-state index < -0.39 is 0 Å². The second kappa shape index (κ2) is 5.38. The van der Waals surface area contributed by atoms with Gasteiger partial charge >= 0.3 is 0 Å². The van der Waals surface area contributed by atoms with Gasteiger partial charge in [0.15, 0.2) is 5.78 Å². The van der Waals surface area contributed by atoms with Crippen LogP contribution in [-0.2, 0) is 9.53 Å². The zero-order valence-electron chi connectivity index (χ0n) is 6.59. The summed E-state index contributed by atoms with van der Waals surface area (Å²) in [6, 6.07) is 0.112. The fourth-order valence-electron chi connectivity index (χ4n) is 0.622. The molecule has 10 heavy (non-hydrogen) atoms. The van der Waals surface area contributed by atoms with Crippen molar-refractivity contribution in [2.75, 3.05) is 13.7 Å². The van der Waals surface area contributed by atoms with E-state index in [2.05, 4.69) is 4.74 Å². The van der Waals surface area contributed by atoms with Crippen molar-refractivity contribution >= 4 is 5.78 Å². The second-order valence-electron chi connectivity index (χ2n) is 2.49. The minimum absolute atomic E-state index is 0.112. The van der Waals surface area contributed by atoms with Crippen molar-refractivity contribution in [2.24, 2.45) is 5.73 Å². The maximum absolute atomic E-state index is 10.8. The average Bonchev–Trinajstić information content (AvgIpc) is 1.85. The molecule has 0 rings (SSSR count). The van der Waals surface area contributed by atoms with Crippen LogP contribution in [0, 0.1) is 0 Å². The summed E-state index contributed by atoms with van der Waals surface area (Å²) in [5.74, 6) is 0.125. The van der Waals surface area contributed by atoms with E-state index >= 15 is 0 Å². The van der Waals surface area contributed by atoms with Gasteiger partial charge in [0.25, 0.3) is 0 Å². The lowest BCUT2D eigenvalue weighted by Crippen LogP contribution is -2.17. The first-order valence-electron chi connectivity index (χ1n) is 3.43. The highest BCUT2D eigenvalue weighted by Crippen LogP contribution is 1.94. The Morgan fingerprint density at radius 1 is 1.70 bits per heavy atom. The van der Waals surface area contributed by atoms with E-state index in [0.29, 0.717) is 6.42 Å². The van der Waals surface area contributed by atoms with E-state index in [-0.39, 0.29) is 18.4 Å². The van der Waals surface area contributed by atoms with Crippen molar-refractivity contribution in [3.63, 3.8) is 0 Å². The average molecular weight is 145 g/mol. The minimum atomic E-state index is 0.112. The van der Waals surface area contributed by atoms with E-state index in [1.54, 1.807) is 0 Å². The molecule has 0 aromatic heterocycles. The van der Waals surface area contributed by atoms with Gasteiger partial charge in [0.1, 0.15) is 6.61 Å². The third-order valence-electron chi connectivity index (χ3n) is 1.18. The Morgan fingerprint density at radius 3 is 2.70 bits per heavy atom. The molecule has 0 aliphatic heterocycles. The molecule has 0 heterocycles. The molecule has 1 unspecified atom stereocenters. The highest BCUT2D eigenvalue weighted by atomic mass is 16.5. The molecule has 60 valence electrons. The lowest BCUT2D eigenvalue weighted by Gasteiger charge is -2.02. The van der Waals surface area contributed by atoms with Crippen molar-refractivity contribution in [1.29, 1.82) is 0 Å². The van der Waals surface area contributed by atoms with Crippen LogP contribution in [0.25, 0.3) is 0 Å². The molecule has 0 aliphatic rings. The van der Waals surface area contributed by atoms with Gasteiger partial charge in [0.2, 0.25) is 0 Å². The number of ether oxygens (including phenoxy) is 1. The molecule has 1 atom stereocenters. The van der Waals surface area contributed by atoms with Crippen molar-refractivity contribution in [3.8, 4) is 0 Å². The number of hydrogen-bond acceptors (Lipinski definition) is 3. The number of Topliss-reactive ketones (excluding diaryl/α,β-unsaturated/α-hetero) is 1. The van der Waals surface area contributed by atoms with Gasteiger partial charge in [-0.2, -0.15) is 0 Å².